The molecule has 0 saturated carbocycles. The van der Waals surface area contributed by atoms with E-state index in [4.69, 9.17) is 4.74 Å². The number of carboxylic acid groups (broad SMARTS) is 1. The summed E-state index contributed by atoms with van der Waals surface area (Å²) >= 11 is 0. The summed E-state index contributed by atoms with van der Waals surface area (Å²) in [5.74, 6) is -1.42. The van der Waals surface area contributed by atoms with Crippen molar-refractivity contribution >= 4 is 12.1 Å². The van der Waals surface area contributed by atoms with E-state index in [9.17, 15) is 23.5 Å². The van der Waals surface area contributed by atoms with Gasteiger partial charge in [0.25, 0.3) is 0 Å². The molecule has 1 aliphatic carbocycles. The summed E-state index contributed by atoms with van der Waals surface area (Å²) < 4.78 is 34.2. The summed E-state index contributed by atoms with van der Waals surface area (Å²) in [7, 11) is 0. The zero-order valence-electron chi connectivity index (χ0n) is 17.4. The normalized spacial score (nSPS) is 13.2. The topological polar surface area (TPSA) is 84.9 Å². The lowest BCUT2D eigenvalue weighted by Gasteiger charge is -2.17. The largest absolute Gasteiger partial charge is 0.480 e. The molecule has 0 saturated heterocycles. The minimum Gasteiger partial charge on any atom is -0.480 e. The summed E-state index contributed by atoms with van der Waals surface area (Å²) in [4.78, 5) is 24.0. The third kappa shape index (κ3) is 5.11. The highest BCUT2D eigenvalue weighted by molar-refractivity contribution is 5.81. The second-order valence-electron chi connectivity index (χ2n) is 7.59. The second-order valence-corrected chi connectivity index (χ2v) is 7.59. The van der Waals surface area contributed by atoms with Crippen molar-refractivity contribution in [3.63, 3.8) is 0 Å². The molecule has 0 spiro atoms. The monoisotopic (exact) mass is 453 g/mol. The van der Waals surface area contributed by atoms with Crippen LogP contribution in [0.3, 0.4) is 0 Å². The fraction of sp³-hybridized carbons (Fsp3) is 0.200. The summed E-state index contributed by atoms with van der Waals surface area (Å²) in [5.41, 5.74) is 4.80. The van der Waals surface area contributed by atoms with Crippen molar-refractivity contribution in [2.24, 2.45) is 0 Å². The molecule has 0 unspecified atom stereocenters. The summed E-state index contributed by atoms with van der Waals surface area (Å²) in [6, 6.07) is 20.1. The Morgan fingerprint density at radius 1 is 0.909 bits per heavy atom. The van der Waals surface area contributed by atoms with Crippen LogP contribution in [0.2, 0.25) is 0 Å². The molecule has 0 radical (unpaired) electrons. The maximum atomic E-state index is 12.4. The molecule has 3 aromatic rings. The van der Waals surface area contributed by atoms with Crippen LogP contribution in [0.5, 0.6) is 5.75 Å². The van der Waals surface area contributed by atoms with E-state index >= 15 is 0 Å². The highest BCUT2D eigenvalue weighted by Gasteiger charge is 2.29. The molecule has 33 heavy (non-hydrogen) atoms. The average molecular weight is 453 g/mol. The summed E-state index contributed by atoms with van der Waals surface area (Å²) in [5, 5.41) is 11.9. The number of alkyl carbamates (subject to hydrolysis) is 1. The Kier molecular flexibility index (Phi) is 6.53. The number of fused-ring (bicyclic) bond motifs is 3. The second kappa shape index (κ2) is 9.68. The summed E-state index contributed by atoms with van der Waals surface area (Å²) in [6.07, 6.45) is -0.893. The Hall–Kier alpha value is -3.94. The molecule has 0 aromatic heterocycles. The number of carbonyl (C=O) groups is 2. The van der Waals surface area contributed by atoms with Gasteiger partial charge in [0.1, 0.15) is 18.4 Å². The van der Waals surface area contributed by atoms with Crippen LogP contribution in [-0.4, -0.2) is 36.4 Å². The first kappa shape index (κ1) is 22.3. The smallest absolute Gasteiger partial charge is 0.407 e. The van der Waals surface area contributed by atoms with Gasteiger partial charge >= 0.3 is 18.7 Å². The van der Waals surface area contributed by atoms with Gasteiger partial charge in [-0.25, -0.2) is 9.59 Å². The van der Waals surface area contributed by atoms with Gasteiger partial charge in [0.05, 0.1) is 0 Å². The van der Waals surface area contributed by atoms with Crippen LogP contribution < -0.4 is 10.1 Å². The molecule has 2 N–H and O–H groups in total. The van der Waals surface area contributed by atoms with E-state index in [1.165, 1.54) is 24.3 Å². The van der Waals surface area contributed by atoms with Crippen LogP contribution in [0, 0.1) is 0 Å². The first-order valence-corrected chi connectivity index (χ1v) is 10.3. The maximum absolute atomic E-state index is 12.4. The van der Waals surface area contributed by atoms with Crippen LogP contribution in [0.1, 0.15) is 22.6 Å². The number of amides is 1. The van der Waals surface area contributed by atoms with Crippen molar-refractivity contribution in [1.82, 2.24) is 5.32 Å². The molecular weight excluding hydrogens is 432 g/mol. The van der Waals surface area contributed by atoms with Gasteiger partial charge in [-0.15, -0.1) is 0 Å². The van der Waals surface area contributed by atoms with Gasteiger partial charge in [-0.2, -0.15) is 8.78 Å². The number of hydrogen-bond acceptors (Lipinski definition) is 4. The van der Waals surface area contributed by atoms with Crippen molar-refractivity contribution in [2.45, 2.75) is 25.0 Å². The fourth-order valence-electron chi connectivity index (χ4n) is 4.03. The Labute approximate surface area is 188 Å². The molecule has 8 heteroatoms. The number of rotatable bonds is 8. The van der Waals surface area contributed by atoms with E-state index in [0.29, 0.717) is 5.56 Å². The van der Waals surface area contributed by atoms with Crippen molar-refractivity contribution in [3.8, 4) is 16.9 Å². The molecule has 1 aliphatic rings. The summed E-state index contributed by atoms with van der Waals surface area (Å²) in [6.45, 7) is -2.89. The van der Waals surface area contributed by atoms with E-state index < -0.39 is 24.7 Å². The first-order valence-electron chi connectivity index (χ1n) is 10.3. The fourth-order valence-corrected chi connectivity index (χ4v) is 4.03. The van der Waals surface area contributed by atoms with Crippen LogP contribution in [-0.2, 0) is 16.0 Å². The lowest BCUT2D eigenvalue weighted by Crippen LogP contribution is -2.42. The van der Waals surface area contributed by atoms with E-state index in [0.717, 1.165) is 22.3 Å². The number of carbonyl (C=O) groups excluding carboxylic acids is 1. The van der Waals surface area contributed by atoms with E-state index in [1.807, 2.05) is 48.5 Å². The zero-order chi connectivity index (χ0) is 23.4. The molecular formula is C25H21F2NO5. The third-order valence-electron chi connectivity index (χ3n) is 5.52. The number of aliphatic carboxylic acids is 1. The molecule has 0 fully saturated rings. The number of nitrogens with one attached hydrogen (secondary N) is 1. The molecule has 0 bridgehead atoms. The zero-order valence-corrected chi connectivity index (χ0v) is 17.4. The third-order valence-corrected chi connectivity index (χ3v) is 5.52. The van der Waals surface area contributed by atoms with Crippen molar-refractivity contribution in [2.75, 3.05) is 6.61 Å². The molecule has 4 rings (SSSR count). The predicted octanol–water partition coefficient (Wildman–Crippen LogP) is 4.82. The van der Waals surface area contributed by atoms with Crippen LogP contribution in [0.25, 0.3) is 11.1 Å². The lowest BCUT2D eigenvalue weighted by molar-refractivity contribution is -0.139. The van der Waals surface area contributed by atoms with Crippen LogP contribution in [0.4, 0.5) is 13.6 Å². The minimum absolute atomic E-state index is 0.0369. The Balaban J connectivity index is 1.39. The standard InChI is InChI=1S/C25H21F2NO5/c26-24(27)33-16-11-9-15(10-12-16)13-22(23(29)30)28-25(31)32-14-21-19-7-3-1-5-17(19)18-6-2-4-8-20(18)21/h1-12,21-22,24H,13-14H2,(H,28,31)(H,29,30)/t22-/m0/s1. The lowest BCUT2D eigenvalue weighted by atomic mass is 9.98. The van der Waals surface area contributed by atoms with E-state index in [1.54, 1.807) is 0 Å². The van der Waals surface area contributed by atoms with Gasteiger partial charge in [0, 0.05) is 12.3 Å². The highest BCUT2D eigenvalue weighted by atomic mass is 19.3. The predicted molar refractivity (Wildman–Crippen MR) is 116 cm³/mol. The molecule has 3 aromatic carbocycles. The quantitative estimate of drug-likeness (QED) is 0.511. The molecule has 0 heterocycles. The Morgan fingerprint density at radius 3 is 2.03 bits per heavy atom. The Bertz CT molecular complexity index is 1100. The van der Waals surface area contributed by atoms with Gasteiger partial charge in [0.15, 0.2) is 0 Å². The average Bonchev–Trinajstić information content (AvgIpc) is 3.12. The number of hydrogen-bond donors (Lipinski definition) is 2. The minimum atomic E-state index is -2.95. The molecule has 170 valence electrons. The number of ether oxygens (including phenoxy) is 2. The Morgan fingerprint density at radius 2 is 1.48 bits per heavy atom. The van der Waals surface area contributed by atoms with Gasteiger partial charge < -0.3 is 19.9 Å². The van der Waals surface area contributed by atoms with E-state index in [2.05, 4.69) is 10.1 Å². The van der Waals surface area contributed by atoms with Gasteiger partial charge in [-0.3, -0.25) is 0 Å². The van der Waals surface area contributed by atoms with Gasteiger partial charge in [0.2, 0.25) is 0 Å². The SMILES string of the molecule is O=C(N[C@@H](Cc1ccc(OC(F)F)cc1)C(=O)O)OCC1c2ccccc2-c2ccccc21. The first-order chi connectivity index (χ1) is 15.9. The van der Waals surface area contributed by atoms with Gasteiger partial charge in [-0.05, 0) is 39.9 Å². The van der Waals surface area contributed by atoms with Crippen LogP contribution >= 0.6 is 0 Å². The molecule has 1 amide bonds. The van der Waals surface area contributed by atoms with Crippen molar-refractivity contribution in [1.29, 1.82) is 0 Å². The maximum Gasteiger partial charge on any atom is 0.407 e. The number of halogens is 2. The molecule has 0 aliphatic heterocycles. The van der Waals surface area contributed by atoms with Crippen molar-refractivity contribution < 1.29 is 33.0 Å². The number of alkyl halides is 2. The highest BCUT2D eigenvalue weighted by Crippen LogP contribution is 2.44. The van der Waals surface area contributed by atoms with Crippen molar-refractivity contribution in [3.05, 3.63) is 89.5 Å². The van der Waals surface area contributed by atoms with E-state index in [-0.39, 0.29) is 24.7 Å². The molecule has 6 nitrogen and oxygen atoms in total. The van der Waals surface area contributed by atoms with Gasteiger partial charge in [-0.1, -0.05) is 60.7 Å². The number of carboxylic acids is 1. The number of benzene rings is 3. The molecule has 1 atom stereocenters. The van der Waals surface area contributed by atoms with Crippen LogP contribution in [0.15, 0.2) is 72.8 Å².